The van der Waals surface area contributed by atoms with E-state index >= 15 is 0 Å². The second-order valence-corrected chi connectivity index (χ2v) is 7.25. The topological polar surface area (TPSA) is 95.9 Å². The van der Waals surface area contributed by atoms with E-state index < -0.39 is 17.8 Å². The molecule has 0 radical (unpaired) electrons. The van der Waals surface area contributed by atoms with Gasteiger partial charge >= 0.3 is 6.03 Å². The smallest absolute Gasteiger partial charge is 0.335 e. The monoisotopic (exact) mass is 494 g/mol. The Morgan fingerprint density at radius 1 is 1.11 bits per heavy atom. The van der Waals surface area contributed by atoms with E-state index in [1.807, 2.05) is 0 Å². The summed E-state index contributed by atoms with van der Waals surface area (Å²) in [6.45, 7) is 0. The van der Waals surface area contributed by atoms with Crippen LogP contribution in [0.1, 0.15) is 5.56 Å². The highest BCUT2D eigenvalue weighted by molar-refractivity contribution is 9.10. The van der Waals surface area contributed by atoms with E-state index in [1.165, 1.54) is 25.3 Å². The van der Waals surface area contributed by atoms with E-state index in [0.29, 0.717) is 15.7 Å². The summed E-state index contributed by atoms with van der Waals surface area (Å²) in [6.07, 6.45) is 1.32. The number of methoxy groups -OCH3 is 1. The number of urea groups is 1. The van der Waals surface area contributed by atoms with Crippen LogP contribution in [0.15, 0.2) is 50.9 Å². The minimum atomic E-state index is -0.827. The Balaban J connectivity index is 2.06. The van der Waals surface area contributed by atoms with Crippen LogP contribution in [0.5, 0.6) is 11.5 Å². The second kappa shape index (κ2) is 7.53. The Labute approximate surface area is 170 Å². The van der Waals surface area contributed by atoms with Crippen LogP contribution in [-0.2, 0) is 9.59 Å². The standard InChI is InChI=1S/C18H12Br2N2O5/c1-27-15-7-9(13(20)8-14(15)23)6-12-16(24)21-18(26)22(17(12)25)11-4-2-10(19)3-5-11/h2-8,23H,1H3,(H,21,24,26)/b12-6-. The van der Waals surface area contributed by atoms with Crippen molar-refractivity contribution in [1.82, 2.24) is 5.32 Å². The van der Waals surface area contributed by atoms with Crippen LogP contribution in [0.25, 0.3) is 6.08 Å². The SMILES string of the molecule is COc1cc(/C=C2/C(=O)NC(=O)N(c3ccc(Br)cc3)C2=O)c(Br)cc1O. The number of anilines is 1. The summed E-state index contributed by atoms with van der Waals surface area (Å²) in [7, 11) is 1.38. The first-order chi connectivity index (χ1) is 12.8. The van der Waals surface area contributed by atoms with Gasteiger partial charge in [-0.05, 0) is 48.0 Å². The molecule has 1 heterocycles. The lowest BCUT2D eigenvalue weighted by Crippen LogP contribution is -2.54. The number of phenols is 1. The lowest BCUT2D eigenvalue weighted by Gasteiger charge is -2.26. The summed E-state index contributed by atoms with van der Waals surface area (Å²) < 4.78 is 6.27. The lowest BCUT2D eigenvalue weighted by atomic mass is 10.1. The average Bonchev–Trinajstić information content (AvgIpc) is 2.61. The molecule has 7 nitrogen and oxygen atoms in total. The third kappa shape index (κ3) is 3.74. The number of imide groups is 2. The number of rotatable bonds is 3. The summed E-state index contributed by atoms with van der Waals surface area (Å²) in [5.74, 6) is -1.49. The number of phenolic OH excluding ortho intramolecular Hbond substituents is 1. The van der Waals surface area contributed by atoms with Crippen LogP contribution in [0.3, 0.4) is 0 Å². The van der Waals surface area contributed by atoms with Gasteiger partial charge in [-0.2, -0.15) is 0 Å². The largest absolute Gasteiger partial charge is 0.504 e. The first-order valence-electron chi connectivity index (χ1n) is 7.55. The van der Waals surface area contributed by atoms with Gasteiger partial charge < -0.3 is 9.84 Å². The summed E-state index contributed by atoms with van der Waals surface area (Å²) in [5.41, 5.74) is 0.515. The van der Waals surface area contributed by atoms with Gasteiger partial charge in [0, 0.05) is 8.95 Å². The van der Waals surface area contributed by atoms with E-state index in [0.717, 1.165) is 9.37 Å². The molecular formula is C18H12Br2N2O5. The Hall–Kier alpha value is -2.65. The predicted octanol–water partition coefficient (Wildman–Crippen LogP) is 3.59. The molecule has 138 valence electrons. The van der Waals surface area contributed by atoms with Crippen molar-refractivity contribution in [3.8, 4) is 11.5 Å². The molecule has 0 aromatic heterocycles. The normalized spacial score (nSPS) is 15.9. The van der Waals surface area contributed by atoms with Crippen molar-refractivity contribution < 1.29 is 24.2 Å². The zero-order valence-corrected chi connectivity index (χ0v) is 17.0. The maximum absolute atomic E-state index is 12.8. The number of barbiturate groups is 1. The van der Waals surface area contributed by atoms with Gasteiger partial charge in [0.15, 0.2) is 11.5 Å². The van der Waals surface area contributed by atoms with Crippen molar-refractivity contribution in [2.45, 2.75) is 0 Å². The van der Waals surface area contributed by atoms with Gasteiger partial charge in [0.1, 0.15) is 5.57 Å². The Morgan fingerprint density at radius 3 is 2.41 bits per heavy atom. The van der Waals surface area contributed by atoms with Crippen molar-refractivity contribution in [1.29, 1.82) is 0 Å². The fraction of sp³-hybridized carbons (Fsp3) is 0.0556. The molecule has 1 aliphatic rings. The van der Waals surface area contributed by atoms with E-state index in [-0.39, 0.29) is 17.1 Å². The van der Waals surface area contributed by atoms with Gasteiger partial charge in [0.25, 0.3) is 11.8 Å². The fourth-order valence-electron chi connectivity index (χ4n) is 2.47. The number of hydrogen-bond acceptors (Lipinski definition) is 5. The van der Waals surface area contributed by atoms with Crippen LogP contribution < -0.4 is 15.0 Å². The van der Waals surface area contributed by atoms with Crippen LogP contribution >= 0.6 is 31.9 Å². The summed E-state index contributed by atoms with van der Waals surface area (Å²) in [4.78, 5) is 38.1. The number of ether oxygens (including phenoxy) is 1. The number of carbonyl (C=O) groups is 3. The summed E-state index contributed by atoms with van der Waals surface area (Å²) in [5, 5.41) is 11.9. The van der Waals surface area contributed by atoms with Crippen molar-refractivity contribution in [2.24, 2.45) is 0 Å². The van der Waals surface area contributed by atoms with E-state index in [4.69, 9.17) is 4.74 Å². The highest BCUT2D eigenvalue weighted by Crippen LogP contribution is 2.34. The lowest BCUT2D eigenvalue weighted by molar-refractivity contribution is -0.122. The van der Waals surface area contributed by atoms with Crippen LogP contribution in [0.2, 0.25) is 0 Å². The zero-order chi connectivity index (χ0) is 19.7. The number of halogens is 2. The summed E-state index contributed by atoms with van der Waals surface area (Å²) in [6, 6.07) is 8.53. The minimum Gasteiger partial charge on any atom is -0.504 e. The molecule has 0 unspecified atom stereocenters. The van der Waals surface area contributed by atoms with E-state index in [1.54, 1.807) is 24.3 Å². The minimum absolute atomic E-state index is 0.0994. The third-order valence-electron chi connectivity index (χ3n) is 3.78. The molecule has 0 spiro atoms. The van der Waals surface area contributed by atoms with E-state index in [9.17, 15) is 19.5 Å². The van der Waals surface area contributed by atoms with Gasteiger partial charge in [0.05, 0.1) is 12.8 Å². The van der Waals surface area contributed by atoms with Gasteiger partial charge in [-0.25, -0.2) is 9.69 Å². The molecule has 3 rings (SSSR count). The molecule has 2 aromatic rings. The maximum atomic E-state index is 12.8. The fourth-order valence-corrected chi connectivity index (χ4v) is 3.18. The van der Waals surface area contributed by atoms with Crippen LogP contribution in [-0.4, -0.2) is 30.1 Å². The average molecular weight is 496 g/mol. The highest BCUT2D eigenvalue weighted by Gasteiger charge is 2.36. The highest BCUT2D eigenvalue weighted by atomic mass is 79.9. The first kappa shape index (κ1) is 19.1. The number of amides is 4. The molecule has 4 amide bonds. The molecular weight excluding hydrogens is 484 g/mol. The number of aromatic hydroxyl groups is 1. The van der Waals surface area contributed by atoms with Crippen LogP contribution in [0.4, 0.5) is 10.5 Å². The van der Waals surface area contributed by atoms with Crippen molar-refractivity contribution in [3.63, 3.8) is 0 Å². The molecule has 2 N–H and O–H groups in total. The van der Waals surface area contributed by atoms with Crippen LogP contribution in [0, 0.1) is 0 Å². The Bertz CT molecular complexity index is 986. The zero-order valence-electron chi connectivity index (χ0n) is 13.8. The van der Waals surface area contributed by atoms with Gasteiger partial charge in [-0.15, -0.1) is 0 Å². The van der Waals surface area contributed by atoms with Crippen molar-refractivity contribution in [3.05, 3.63) is 56.5 Å². The predicted molar refractivity (Wildman–Crippen MR) is 106 cm³/mol. The molecule has 0 aliphatic carbocycles. The third-order valence-corrected chi connectivity index (χ3v) is 5.00. The first-order valence-corrected chi connectivity index (χ1v) is 9.14. The molecule has 0 atom stereocenters. The number of nitrogens with zero attached hydrogens (tertiary/aromatic N) is 1. The molecule has 1 aliphatic heterocycles. The van der Waals surface area contributed by atoms with E-state index in [2.05, 4.69) is 37.2 Å². The number of nitrogens with one attached hydrogen (secondary N) is 1. The molecule has 0 saturated carbocycles. The second-order valence-electron chi connectivity index (χ2n) is 5.48. The summed E-state index contributed by atoms with van der Waals surface area (Å²) >= 11 is 6.55. The number of benzene rings is 2. The number of hydrogen-bond donors (Lipinski definition) is 2. The van der Waals surface area contributed by atoms with Gasteiger partial charge in [-0.1, -0.05) is 31.9 Å². The number of carbonyl (C=O) groups excluding carboxylic acids is 3. The quantitative estimate of drug-likeness (QED) is 0.501. The molecule has 0 bridgehead atoms. The Morgan fingerprint density at radius 2 is 1.78 bits per heavy atom. The maximum Gasteiger partial charge on any atom is 0.335 e. The Kier molecular flexibility index (Phi) is 5.33. The van der Waals surface area contributed by atoms with Gasteiger partial charge in [-0.3, -0.25) is 14.9 Å². The molecule has 9 heteroatoms. The molecule has 1 saturated heterocycles. The molecule has 2 aromatic carbocycles. The molecule has 1 fully saturated rings. The molecule has 27 heavy (non-hydrogen) atoms. The van der Waals surface area contributed by atoms with Crippen molar-refractivity contribution in [2.75, 3.05) is 12.0 Å². The van der Waals surface area contributed by atoms with Crippen molar-refractivity contribution >= 4 is 61.5 Å². The van der Waals surface area contributed by atoms with Gasteiger partial charge in [0.2, 0.25) is 0 Å².